The van der Waals surface area contributed by atoms with Crippen LogP contribution in [0.15, 0.2) is 24.3 Å². The van der Waals surface area contributed by atoms with Gasteiger partial charge in [-0.25, -0.2) is 0 Å². The Kier molecular flexibility index (Phi) is 6.64. The molecule has 2 aliphatic heterocycles. The number of benzene rings is 1. The van der Waals surface area contributed by atoms with Gasteiger partial charge in [0.05, 0.1) is 19.3 Å². The molecule has 1 unspecified atom stereocenters. The van der Waals surface area contributed by atoms with Crippen LogP contribution in [0.2, 0.25) is 0 Å². The molecule has 7 nitrogen and oxygen atoms in total. The number of nitrogens with two attached hydrogens (primary N) is 1. The third kappa shape index (κ3) is 4.42. The molecule has 8 heteroatoms. The topological polar surface area (TPSA) is 93.9 Å². The van der Waals surface area contributed by atoms with Gasteiger partial charge in [-0.3, -0.25) is 9.59 Å². The fourth-order valence-corrected chi connectivity index (χ4v) is 3.20. The Morgan fingerprint density at radius 3 is 2.92 bits per heavy atom. The summed E-state index contributed by atoms with van der Waals surface area (Å²) in [4.78, 5) is 26.2. The van der Waals surface area contributed by atoms with E-state index in [1.807, 2.05) is 24.3 Å². The number of methoxy groups -OCH3 is 1. The van der Waals surface area contributed by atoms with Crippen LogP contribution in [0.25, 0.3) is 0 Å². The first-order valence-corrected chi connectivity index (χ1v) is 8.21. The van der Waals surface area contributed by atoms with Gasteiger partial charge in [0.15, 0.2) is 0 Å². The Morgan fingerprint density at radius 1 is 1.44 bits per heavy atom. The molecular formula is C17H24ClN3O4. The maximum atomic E-state index is 12.3. The second-order valence-electron chi connectivity index (χ2n) is 6.18. The van der Waals surface area contributed by atoms with E-state index in [2.05, 4.69) is 5.32 Å². The highest BCUT2D eigenvalue weighted by molar-refractivity contribution is 5.97. The third-order valence-electron chi connectivity index (χ3n) is 4.50. The number of hydrogen-bond acceptors (Lipinski definition) is 5. The standard InChI is InChI=1S/C17H23N3O4.ClH/c1-23-13-4-2-3-12(8-13)20-10-11(7-16(20)21)19-17(22)15-6-5-14(9-18)24-15;/h2-4,8,11,14-15H,5-7,9-10,18H2,1H3,(H,19,22);1H/t11?,14-,15+;/m1./s1. The predicted molar refractivity (Wildman–Crippen MR) is 96.1 cm³/mol. The lowest BCUT2D eigenvalue weighted by Gasteiger charge is -2.19. The number of carbonyl (C=O) groups excluding carboxylic acids is 2. The first-order valence-electron chi connectivity index (χ1n) is 8.21. The van der Waals surface area contributed by atoms with Crippen molar-refractivity contribution >= 4 is 29.9 Å². The maximum Gasteiger partial charge on any atom is 0.249 e. The lowest BCUT2D eigenvalue weighted by Crippen LogP contribution is -2.43. The van der Waals surface area contributed by atoms with Gasteiger partial charge >= 0.3 is 0 Å². The van der Waals surface area contributed by atoms with Crippen molar-refractivity contribution in [2.45, 2.75) is 37.5 Å². The molecule has 3 atom stereocenters. The van der Waals surface area contributed by atoms with Crippen molar-refractivity contribution in [2.75, 3.05) is 25.1 Å². The second-order valence-corrected chi connectivity index (χ2v) is 6.18. The molecule has 2 saturated heterocycles. The Morgan fingerprint density at radius 2 is 2.24 bits per heavy atom. The highest BCUT2D eigenvalue weighted by Gasteiger charge is 2.35. The smallest absolute Gasteiger partial charge is 0.249 e. The summed E-state index contributed by atoms with van der Waals surface area (Å²) < 4.78 is 10.8. The molecule has 2 aliphatic rings. The fourth-order valence-electron chi connectivity index (χ4n) is 3.20. The van der Waals surface area contributed by atoms with Crippen molar-refractivity contribution in [3.05, 3.63) is 24.3 Å². The summed E-state index contributed by atoms with van der Waals surface area (Å²) in [5.41, 5.74) is 6.34. The van der Waals surface area contributed by atoms with E-state index in [-0.39, 0.29) is 42.8 Å². The molecule has 138 valence electrons. The number of anilines is 1. The van der Waals surface area contributed by atoms with E-state index in [9.17, 15) is 9.59 Å². The van der Waals surface area contributed by atoms with E-state index in [0.29, 0.717) is 25.3 Å². The summed E-state index contributed by atoms with van der Waals surface area (Å²) in [6.07, 6.45) is 1.26. The van der Waals surface area contributed by atoms with Crippen molar-refractivity contribution in [3.63, 3.8) is 0 Å². The molecule has 0 aromatic heterocycles. The van der Waals surface area contributed by atoms with Crippen molar-refractivity contribution in [2.24, 2.45) is 5.73 Å². The van der Waals surface area contributed by atoms with Gasteiger partial charge in [-0.2, -0.15) is 0 Å². The van der Waals surface area contributed by atoms with Gasteiger partial charge in [0.1, 0.15) is 11.9 Å². The molecule has 0 aliphatic carbocycles. The minimum absolute atomic E-state index is 0. The van der Waals surface area contributed by atoms with E-state index < -0.39 is 6.10 Å². The Balaban J connectivity index is 0.00000225. The van der Waals surface area contributed by atoms with Crippen LogP contribution in [0, 0.1) is 0 Å². The van der Waals surface area contributed by atoms with Crippen LogP contribution in [0.1, 0.15) is 19.3 Å². The average molecular weight is 370 g/mol. The van der Waals surface area contributed by atoms with Gasteiger partial charge in [0, 0.05) is 31.3 Å². The maximum absolute atomic E-state index is 12.3. The minimum atomic E-state index is -0.459. The van der Waals surface area contributed by atoms with Gasteiger partial charge < -0.3 is 25.4 Å². The summed E-state index contributed by atoms with van der Waals surface area (Å²) in [6, 6.07) is 7.13. The van der Waals surface area contributed by atoms with Crippen molar-refractivity contribution in [1.82, 2.24) is 5.32 Å². The molecule has 2 heterocycles. The van der Waals surface area contributed by atoms with Crippen molar-refractivity contribution in [3.8, 4) is 5.75 Å². The normalized spacial score (nSPS) is 25.6. The lowest BCUT2D eigenvalue weighted by atomic mass is 10.1. The summed E-state index contributed by atoms with van der Waals surface area (Å²) in [5.74, 6) is 0.525. The van der Waals surface area contributed by atoms with Crippen LogP contribution in [-0.2, 0) is 14.3 Å². The molecule has 0 saturated carbocycles. The lowest BCUT2D eigenvalue weighted by molar-refractivity contribution is -0.132. The summed E-state index contributed by atoms with van der Waals surface area (Å²) in [6.45, 7) is 0.875. The quantitative estimate of drug-likeness (QED) is 0.802. The minimum Gasteiger partial charge on any atom is -0.497 e. The summed E-state index contributed by atoms with van der Waals surface area (Å²) in [7, 11) is 1.59. The Bertz CT molecular complexity index is 628. The van der Waals surface area contributed by atoms with Gasteiger partial charge in [-0.05, 0) is 25.0 Å². The number of nitrogens with zero attached hydrogens (tertiary/aromatic N) is 1. The molecule has 25 heavy (non-hydrogen) atoms. The van der Waals surface area contributed by atoms with Crippen LogP contribution in [0.4, 0.5) is 5.69 Å². The summed E-state index contributed by atoms with van der Waals surface area (Å²) in [5, 5.41) is 2.93. The van der Waals surface area contributed by atoms with Crippen LogP contribution < -0.4 is 20.7 Å². The first-order chi connectivity index (χ1) is 11.6. The molecule has 0 spiro atoms. The number of halogens is 1. The second kappa shape index (κ2) is 8.51. The van der Waals surface area contributed by atoms with Crippen LogP contribution in [0.3, 0.4) is 0 Å². The third-order valence-corrected chi connectivity index (χ3v) is 4.50. The molecule has 0 radical (unpaired) electrons. The number of nitrogens with one attached hydrogen (secondary N) is 1. The highest BCUT2D eigenvalue weighted by Crippen LogP contribution is 2.26. The zero-order chi connectivity index (χ0) is 17.1. The highest BCUT2D eigenvalue weighted by atomic mass is 35.5. The molecule has 1 aromatic rings. The van der Waals surface area contributed by atoms with Crippen LogP contribution in [0.5, 0.6) is 5.75 Å². The zero-order valence-corrected chi connectivity index (χ0v) is 15.0. The van der Waals surface area contributed by atoms with E-state index in [1.54, 1.807) is 12.0 Å². The molecule has 2 fully saturated rings. The number of carbonyl (C=O) groups is 2. The molecule has 1 aromatic carbocycles. The molecule has 2 amide bonds. The largest absolute Gasteiger partial charge is 0.497 e. The van der Waals surface area contributed by atoms with E-state index in [0.717, 1.165) is 12.1 Å². The number of hydrogen-bond donors (Lipinski definition) is 2. The molecule has 0 bridgehead atoms. The van der Waals surface area contributed by atoms with Crippen LogP contribution in [-0.4, -0.2) is 50.3 Å². The zero-order valence-electron chi connectivity index (χ0n) is 14.1. The molecule has 3 rings (SSSR count). The number of amides is 2. The van der Waals surface area contributed by atoms with E-state index in [4.69, 9.17) is 15.2 Å². The summed E-state index contributed by atoms with van der Waals surface area (Å²) >= 11 is 0. The fraction of sp³-hybridized carbons (Fsp3) is 0.529. The monoisotopic (exact) mass is 369 g/mol. The Labute approximate surface area is 153 Å². The number of rotatable bonds is 5. The van der Waals surface area contributed by atoms with Gasteiger partial charge in [0.25, 0.3) is 0 Å². The van der Waals surface area contributed by atoms with Gasteiger partial charge in [-0.1, -0.05) is 6.07 Å². The van der Waals surface area contributed by atoms with Crippen molar-refractivity contribution in [1.29, 1.82) is 0 Å². The first kappa shape index (κ1) is 19.5. The predicted octanol–water partition coefficient (Wildman–Crippen LogP) is 0.845. The molecule has 3 N–H and O–H groups in total. The number of ether oxygens (including phenoxy) is 2. The van der Waals surface area contributed by atoms with Crippen molar-refractivity contribution < 1.29 is 19.1 Å². The van der Waals surface area contributed by atoms with E-state index >= 15 is 0 Å². The van der Waals surface area contributed by atoms with Crippen LogP contribution >= 0.6 is 12.4 Å². The molecular weight excluding hydrogens is 346 g/mol. The Hall–Kier alpha value is -1.83. The average Bonchev–Trinajstić information content (AvgIpc) is 3.21. The van der Waals surface area contributed by atoms with E-state index in [1.165, 1.54) is 0 Å². The SMILES string of the molecule is COc1cccc(N2CC(NC(=O)[C@@H]3CC[C@H](CN)O3)CC2=O)c1.Cl. The van der Waals surface area contributed by atoms with Gasteiger partial charge in [-0.15, -0.1) is 12.4 Å². The van der Waals surface area contributed by atoms with Gasteiger partial charge in [0.2, 0.25) is 11.8 Å².